The Morgan fingerprint density at radius 3 is 2.60 bits per heavy atom. The summed E-state index contributed by atoms with van der Waals surface area (Å²) in [5, 5.41) is 9.72. The summed E-state index contributed by atoms with van der Waals surface area (Å²) in [5.74, 6) is -0.333. The van der Waals surface area contributed by atoms with Crippen molar-refractivity contribution in [1.82, 2.24) is 14.2 Å². The van der Waals surface area contributed by atoms with E-state index in [1.54, 1.807) is 71.6 Å². The number of hydrogen-bond acceptors (Lipinski definition) is 5. The molecule has 0 aliphatic heterocycles. The van der Waals surface area contributed by atoms with E-state index in [1.165, 1.54) is 16.8 Å². The second kappa shape index (κ2) is 10.7. The van der Waals surface area contributed by atoms with Gasteiger partial charge >= 0.3 is 0 Å². The number of halogens is 2. The van der Waals surface area contributed by atoms with Crippen molar-refractivity contribution in [2.24, 2.45) is 5.10 Å². The molecule has 10 heteroatoms. The highest BCUT2D eigenvalue weighted by molar-refractivity contribution is 6.31. The van der Waals surface area contributed by atoms with E-state index in [4.69, 9.17) is 21.0 Å². The normalized spacial score (nSPS) is 11.7. The number of anilines is 1. The Morgan fingerprint density at radius 1 is 0.977 bits per heavy atom. The van der Waals surface area contributed by atoms with Gasteiger partial charge in [-0.25, -0.2) is 9.37 Å². The molecule has 0 atom stereocenters. The third kappa shape index (κ3) is 4.96. The fourth-order valence-corrected chi connectivity index (χ4v) is 5.23. The number of amides is 1. The third-order valence-electron chi connectivity index (χ3n) is 7.05. The van der Waals surface area contributed by atoms with Crippen LogP contribution in [0, 0.1) is 5.82 Å². The highest BCUT2D eigenvalue weighted by Crippen LogP contribution is 2.29. The van der Waals surface area contributed by atoms with Crippen LogP contribution in [-0.4, -0.2) is 26.3 Å². The number of para-hydroxylation sites is 3. The van der Waals surface area contributed by atoms with Crippen LogP contribution in [0.3, 0.4) is 0 Å². The number of carbonyl (C=O) groups excluding carboxylic acids is 1. The second-order valence-corrected chi connectivity index (χ2v) is 10.3. The first-order chi connectivity index (χ1) is 20.9. The molecule has 210 valence electrons. The SMILES string of the molecule is O=C(Cn1cc(C=Nn2c(-c3cc4cc(Cl)ccc4o3)nc3ccccc3c2=O)c2ccccc21)Nc1ccccc1F. The fraction of sp³-hybridized carbons (Fsp3) is 0.0303. The van der Waals surface area contributed by atoms with Crippen LogP contribution in [0.15, 0.2) is 118 Å². The van der Waals surface area contributed by atoms with Crippen molar-refractivity contribution in [2.75, 3.05) is 5.32 Å². The summed E-state index contributed by atoms with van der Waals surface area (Å²) in [5.41, 5.74) is 2.26. The fourth-order valence-electron chi connectivity index (χ4n) is 5.05. The Morgan fingerprint density at radius 2 is 1.74 bits per heavy atom. The lowest BCUT2D eigenvalue weighted by Crippen LogP contribution is -2.20. The van der Waals surface area contributed by atoms with Crippen LogP contribution in [0.4, 0.5) is 10.1 Å². The summed E-state index contributed by atoms with van der Waals surface area (Å²) in [6.45, 7) is -0.0625. The number of nitrogens with zero attached hydrogens (tertiary/aromatic N) is 4. The van der Waals surface area contributed by atoms with Crippen molar-refractivity contribution in [2.45, 2.75) is 6.54 Å². The van der Waals surface area contributed by atoms with Gasteiger partial charge in [0.1, 0.15) is 17.9 Å². The monoisotopic (exact) mass is 589 g/mol. The van der Waals surface area contributed by atoms with Crippen LogP contribution in [0.1, 0.15) is 5.56 Å². The van der Waals surface area contributed by atoms with E-state index in [-0.39, 0.29) is 23.6 Å². The molecule has 0 aliphatic carbocycles. The zero-order valence-electron chi connectivity index (χ0n) is 22.4. The molecule has 3 aromatic heterocycles. The maximum Gasteiger partial charge on any atom is 0.282 e. The van der Waals surface area contributed by atoms with E-state index in [0.29, 0.717) is 32.8 Å². The van der Waals surface area contributed by atoms with Gasteiger partial charge in [-0.05, 0) is 54.6 Å². The Bertz CT molecular complexity index is 2280. The Labute approximate surface area is 248 Å². The average Bonchev–Trinajstić information content (AvgIpc) is 3.59. The van der Waals surface area contributed by atoms with Gasteiger partial charge in [-0.1, -0.05) is 54.1 Å². The number of rotatable bonds is 6. The van der Waals surface area contributed by atoms with Crippen molar-refractivity contribution >= 4 is 62.2 Å². The quantitative estimate of drug-likeness (QED) is 0.210. The summed E-state index contributed by atoms with van der Waals surface area (Å²) in [6, 6.07) is 27.5. The smallest absolute Gasteiger partial charge is 0.282 e. The molecule has 1 amide bonds. The predicted molar refractivity (Wildman–Crippen MR) is 166 cm³/mol. The molecule has 0 saturated heterocycles. The topological polar surface area (TPSA) is 94.4 Å². The first kappa shape index (κ1) is 26.4. The summed E-state index contributed by atoms with van der Waals surface area (Å²) < 4.78 is 23.1. The first-order valence-corrected chi connectivity index (χ1v) is 13.7. The van der Waals surface area contributed by atoms with Crippen molar-refractivity contribution in [3.8, 4) is 11.6 Å². The maximum atomic E-state index is 14.1. The van der Waals surface area contributed by atoms with Gasteiger partial charge in [0, 0.05) is 33.1 Å². The van der Waals surface area contributed by atoms with Crippen LogP contribution >= 0.6 is 11.6 Å². The number of hydrogen-bond donors (Lipinski definition) is 1. The number of carbonyl (C=O) groups is 1. The molecule has 0 saturated carbocycles. The van der Waals surface area contributed by atoms with Crippen molar-refractivity contribution in [3.63, 3.8) is 0 Å². The highest BCUT2D eigenvalue weighted by Gasteiger charge is 2.17. The van der Waals surface area contributed by atoms with Crippen molar-refractivity contribution in [3.05, 3.63) is 130 Å². The molecule has 0 unspecified atom stereocenters. The van der Waals surface area contributed by atoms with Crippen LogP contribution in [0.2, 0.25) is 5.02 Å². The molecule has 43 heavy (non-hydrogen) atoms. The van der Waals surface area contributed by atoms with Gasteiger partial charge < -0.3 is 14.3 Å². The van der Waals surface area contributed by atoms with E-state index < -0.39 is 11.7 Å². The minimum atomic E-state index is -0.515. The molecule has 3 heterocycles. The molecular formula is C33H21ClFN5O3. The van der Waals surface area contributed by atoms with Crippen molar-refractivity contribution in [1.29, 1.82) is 0 Å². The minimum Gasteiger partial charge on any atom is -0.453 e. The lowest BCUT2D eigenvalue weighted by atomic mass is 10.2. The van der Waals surface area contributed by atoms with E-state index in [1.807, 2.05) is 30.3 Å². The van der Waals surface area contributed by atoms with Gasteiger partial charge in [-0.15, -0.1) is 0 Å². The van der Waals surface area contributed by atoms with Gasteiger partial charge in [-0.3, -0.25) is 9.59 Å². The van der Waals surface area contributed by atoms with Crippen LogP contribution < -0.4 is 10.9 Å². The molecular weight excluding hydrogens is 569 g/mol. The first-order valence-electron chi connectivity index (χ1n) is 13.3. The van der Waals surface area contributed by atoms with Crippen LogP contribution in [0.5, 0.6) is 0 Å². The molecule has 0 radical (unpaired) electrons. The predicted octanol–water partition coefficient (Wildman–Crippen LogP) is 7.08. The standard InChI is InChI=1S/C33H21ClFN5O3/c34-22-13-14-29-20(15-22)16-30(43-29)32-38-26-10-4-1-8-24(26)33(42)40(32)36-17-21-18-39(28-12-6-2-7-23(21)28)19-31(41)37-27-11-5-3-9-25(27)35/h1-18H,19H2,(H,37,41). The van der Waals surface area contributed by atoms with Gasteiger partial charge in [0.15, 0.2) is 5.76 Å². The second-order valence-electron chi connectivity index (χ2n) is 9.86. The Hall–Kier alpha value is -5.54. The number of furan rings is 1. The summed E-state index contributed by atoms with van der Waals surface area (Å²) in [6.07, 6.45) is 3.31. The average molecular weight is 590 g/mol. The summed E-state index contributed by atoms with van der Waals surface area (Å²) >= 11 is 6.17. The number of benzene rings is 4. The zero-order valence-corrected chi connectivity index (χ0v) is 23.1. The van der Waals surface area contributed by atoms with Crippen LogP contribution in [0.25, 0.3) is 44.4 Å². The van der Waals surface area contributed by atoms with Gasteiger partial charge in [0.2, 0.25) is 11.7 Å². The molecule has 0 bridgehead atoms. The van der Waals surface area contributed by atoms with E-state index in [2.05, 4.69) is 10.4 Å². The third-order valence-corrected chi connectivity index (χ3v) is 7.28. The summed E-state index contributed by atoms with van der Waals surface area (Å²) in [7, 11) is 0. The largest absolute Gasteiger partial charge is 0.453 e. The van der Waals surface area contributed by atoms with Crippen molar-refractivity contribution < 1.29 is 13.6 Å². The molecule has 0 spiro atoms. The number of nitrogens with one attached hydrogen (secondary N) is 1. The Balaban J connectivity index is 1.30. The maximum absolute atomic E-state index is 14.1. The van der Waals surface area contributed by atoms with E-state index in [0.717, 1.165) is 16.3 Å². The molecule has 7 rings (SSSR count). The summed E-state index contributed by atoms with van der Waals surface area (Å²) in [4.78, 5) is 31.2. The highest BCUT2D eigenvalue weighted by atomic mass is 35.5. The van der Waals surface area contributed by atoms with Gasteiger partial charge in [0.25, 0.3) is 5.56 Å². The molecule has 8 nitrogen and oxygen atoms in total. The zero-order chi connectivity index (χ0) is 29.5. The van der Waals surface area contributed by atoms with Crippen LogP contribution in [-0.2, 0) is 11.3 Å². The minimum absolute atomic E-state index is 0.0625. The number of aromatic nitrogens is 3. The van der Waals surface area contributed by atoms with E-state index in [9.17, 15) is 14.0 Å². The molecule has 0 fully saturated rings. The van der Waals surface area contributed by atoms with E-state index >= 15 is 0 Å². The molecule has 7 aromatic rings. The van der Waals surface area contributed by atoms with Gasteiger partial charge in [-0.2, -0.15) is 9.78 Å². The molecule has 1 N–H and O–H groups in total. The number of fused-ring (bicyclic) bond motifs is 3. The van der Waals surface area contributed by atoms with Gasteiger partial charge in [0.05, 0.1) is 22.8 Å². The molecule has 0 aliphatic rings. The lowest BCUT2D eigenvalue weighted by Gasteiger charge is -2.08. The Kier molecular flexibility index (Phi) is 6.56. The lowest BCUT2D eigenvalue weighted by molar-refractivity contribution is -0.116. The molecule has 4 aromatic carbocycles.